The molecule has 0 bridgehead atoms. The van der Waals surface area contributed by atoms with Crippen LogP contribution in [0.1, 0.15) is 18.1 Å². The van der Waals surface area contributed by atoms with Crippen molar-refractivity contribution in [1.82, 2.24) is 0 Å². The fourth-order valence-electron chi connectivity index (χ4n) is 2.46. The summed E-state index contributed by atoms with van der Waals surface area (Å²) in [7, 11) is 0. The van der Waals surface area contributed by atoms with Crippen LogP contribution >= 0.6 is 0 Å². The van der Waals surface area contributed by atoms with Gasteiger partial charge in [0, 0.05) is 11.8 Å². The van der Waals surface area contributed by atoms with Gasteiger partial charge in [-0.3, -0.25) is 9.59 Å². The van der Waals surface area contributed by atoms with Crippen molar-refractivity contribution < 1.29 is 27.5 Å². The van der Waals surface area contributed by atoms with Crippen molar-refractivity contribution in [3.63, 3.8) is 0 Å². The number of rotatable bonds is 3. The summed E-state index contributed by atoms with van der Waals surface area (Å²) in [5.74, 6) is -0.334. The molecular formula is C19H15F3N2O3. The Hall–Kier alpha value is -3.29. The number of benzene rings is 2. The van der Waals surface area contributed by atoms with E-state index in [1.54, 1.807) is 19.1 Å². The molecule has 0 fully saturated rings. The van der Waals surface area contributed by atoms with Crippen molar-refractivity contribution in [2.24, 2.45) is 0 Å². The molecule has 0 aromatic heterocycles. The molecule has 2 aromatic rings. The molecule has 1 heterocycles. The molecule has 1 atom stereocenters. The average Bonchev–Trinajstić information content (AvgIpc) is 2.61. The fraction of sp³-hybridized carbons (Fsp3) is 0.158. The first-order valence-electron chi connectivity index (χ1n) is 8.00. The highest BCUT2D eigenvalue weighted by Crippen LogP contribution is 2.32. The van der Waals surface area contributed by atoms with Crippen LogP contribution in [0, 0.1) is 0 Å². The summed E-state index contributed by atoms with van der Waals surface area (Å²) in [6.07, 6.45) is -2.63. The van der Waals surface area contributed by atoms with E-state index >= 15 is 0 Å². The van der Waals surface area contributed by atoms with Crippen molar-refractivity contribution in [1.29, 1.82) is 0 Å². The molecule has 0 radical (unpaired) electrons. The van der Waals surface area contributed by atoms with E-state index in [1.807, 2.05) is 0 Å². The third-order valence-electron chi connectivity index (χ3n) is 3.82. The normalized spacial score (nSPS) is 16.4. The lowest BCUT2D eigenvalue weighted by atomic mass is 10.1. The molecule has 0 spiro atoms. The Morgan fingerprint density at radius 3 is 2.74 bits per heavy atom. The monoisotopic (exact) mass is 376 g/mol. The largest absolute Gasteiger partial charge is 0.479 e. The van der Waals surface area contributed by atoms with E-state index < -0.39 is 23.8 Å². The number of hydrogen-bond acceptors (Lipinski definition) is 3. The SMILES string of the molecule is C[C@@H]1Oc2ccc(NC(=O)/C=C/c3cccc(C(F)(F)F)c3)cc2NC1=O. The summed E-state index contributed by atoms with van der Waals surface area (Å²) in [6, 6.07) is 9.39. The van der Waals surface area contributed by atoms with Gasteiger partial charge in [-0.05, 0) is 48.9 Å². The van der Waals surface area contributed by atoms with Gasteiger partial charge in [-0.1, -0.05) is 12.1 Å². The predicted molar refractivity (Wildman–Crippen MR) is 94.3 cm³/mol. The molecule has 0 saturated carbocycles. The Morgan fingerprint density at radius 1 is 1.22 bits per heavy atom. The number of amides is 2. The standard InChI is InChI=1S/C19H15F3N2O3/c1-11-18(26)24-15-10-14(6-7-16(15)27-11)23-17(25)8-5-12-3-2-4-13(9-12)19(20,21)22/h2-11H,1H3,(H,23,25)(H,24,26)/b8-5+/t11-/m0/s1. The highest BCUT2D eigenvalue weighted by molar-refractivity contribution is 6.03. The molecule has 0 aliphatic carbocycles. The molecule has 2 aromatic carbocycles. The number of alkyl halides is 3. The first kappa shape index (κ1) is 18.5. The van der Waals surface area contributed by atoms with Crippen LogP contribution in [-0.2, 0) is 15.8 Å². The van der Waals surface area contributed by atoms with Gasteiger partial charge in [0.2, 0.25) is 5.91 Å². The number of halogens is 3. The molecule has 2 N–H and O–H groups in total. The van der Waals surface area contributed by atoms with Crippen LogP contribution in [0.15, 0.2) is 48.5 Å². The topological polar surface area (TPSA) is 67.4 Å². The Bertz CT molecular complexity index is 923. The summed E-state index contributed by atoms with van der Waals surface area (Å²) in [5, 5.41) is 5.24. The predicted octanol–water partition coefficient (Wildman–Crippen LogP) is 4.08. The maximum absolute atomic E-state index is 12.7. The fourth-order valence-corrected chi connectivity index (χ4v) is 2.46. The molecular weight excluding hydrogens is 361 g/mol. The van der Waals surface area contributed by atoms with Crippen molar-refractivity contribution >= 4 is 29.3 Å². The van der Waals surface area contributed by atoms with E-state index in [0.717, 1.165) is 18.2 Å². The molecule has 2 amide bonds. The number of anilines is 2. The molecule has 0 unspecified atom stereocenters. The number of nitrogens with one attached hydrogen (secondary N) is 2. The van der Waals surface area contributed by atoms with Crippen molar-refractivity contribution in [3.05, 3.63) is 59.7 Å². The Balaban J connectivity index is 1.69. The zero-order chi connectivity index (χ0) is 19.6. The molecule has 1 aliphatic rings. The zero-order valence-electron chi connectivity index (χ0n) is 14.1. The van der Waals surface area contributed by atoms with Crippen LogP contribution in [0.2, 0.25) is 0 Å². The lowest BCUT2D eigenvalue weighted by Crippen LogP contribution is -2.34. The second-order valence-corrected chi connectivity index (χ2v) is 5.91. The summed E-state index contributed by atoms with van der Waals surface area (Å²) in [5.41, 5.74) is 0.299. The maximum atomic E-state index is 12.7. The maximum Gasteiger partial charge on any atom is 0.416 e. The van der Waals surface area contributed by atoms with Crippen molar-refractivity contribution in [3.8, 4) is 5.75 Å². The van der Waals surface area contributed by atoms with E-state index in [2.05, 4.69) is 10.6 Å². The van der Waals surface area contributed by atoms with Crippen LogP contribution in [0.25, 0.3) is 6.08 Å². The van der Waals surface area contributed by atoms with Gasteiger partial charge < -0.3 is 15.4 Å². The van der Waals surface area contributed by atoms with Gasteiger partial charge in [0.05, 0.1) is 11.3 Å². The number of carbonyl (C=O) groups is 2. The molecule has 1 aliphatic heterocycles. The van der Waals surface area contributed by atoms with Crippen LogP contribution < -0.4 is 15.4 Å². The lowest BCUT2D eigenvalue weighted by molar-refractivity contribution is -0.137. The molecule has 140 valence electrons. The van der Waals surface area contributed by atoms with Crippen LogP contribution in [-0.4, -0.2) is 17.9 Å². The number of fused-ring (bicyclic) bond motifs is 1. The Kier molecular flexibility index (Phi) is 4.89. The first-order chi connectivity index (χ1) is 12.7. The van der Waals surface area contributed by atoms with Gasteiger partial charge in [0.25, 0.3) is 5.91 Å². The molecule has 8 heteroatoms. The number of carbonyl (C=O) groups excluding carboxylic acids is 2. The first-order valence-corrected chi connectivity index (χ1v) is 8.00. The summed E-state index contributed by atoms with van der Waals surface area (Å²) < 4.78 is 43.5. The summed E-state index contributed by atoms with van der Waals surface area (Å²) in [6.45, 7) is 1.62. The minimum absolute atomic E-state index is 0.250. The third-order valence-corrected chi connectivity index (χ3v) is 3.82. The van der Waals surface area contributed by atoms with Gasteiger partial charge in [-0.25, -0.2) is 0 Å². The van der Waals surface area contributed by atoms with Gasteiger partial charge in [0.1, 0.15) is 5.75 Å². The molecule has 3 rings (SSSR count). The second-order valence-electron chi connectivity index (χ2n) is 5.91. The minimum Gasteiger partial charge on any atom is -0.479 e. The van der Waals surface area contributed by atoms with E-state index in [0.29, 0.717) is 17.1 Å². The Morgan fingerprint density at radius 2 is 2.00 bits per heavy atom. The lowest BCUT2D eigenvalue weighted by Gasteiger charge is -2.23. The zero-order valence-corrected chi connectivity index (χ0v) is 14.1. The van der Waals surface area contributed by atoms with Crippen LogP contribution in [0.5, 0.6) is 5.75 Å². The summed E-state index contributed by atoms with van der Waals surface area (Å²) in [4.78, 5) is 23.6. The molecule has 0 saturated heterocycles. The van der Waals surface area contributed by atoms with Gasteiger partial charge in [-0.2, -0.15) is 13.2 Å². The second kappa shape index (κ2) is 7.14. The van der Waals surface area contributed by atoms with E-state index in [9.17, 15) is 22.8 Å². The minimum atomic E-state index is -4.45. The van der Waals surface area contributed by atoms with Gasteiger partial charge in [0.15, 0.2) is 6.10 Å². The van der Waals surface area contributed by atoms with E-state index in [-0.39, 0.29) is 11.5 Å². The number of ether oxygens (including phenoxy) is 1. The van der Waals surface area contributed by atoms with Crippen LogP contribution in [0.4, 0.5) is 24.5 Å². The van der Waals surface area contributed by atoms with Gasteiger partial charge >= 0.3 is 6.18 Å². The van der Waals surface area contributed by atoms with Crippen molar-refractivity contribution in [2.75, 3.05) is 10.6 Å². The molecule has 27 heavy (non-hydrogen) atoms. The quantitative estimate of drug-likeness (QED) is 0.794. The van der Waals surface area contributed by atoms with E-state index in [4.69, 9.17) is 4.74 Å². The Labute approximate surface area is 152 Å². The van der Waals surface area contributed by atoms with Crippen molar-refractivity contribution in [2.45, 2.75) is 19.2 Å². The average molecular weight is 376 g/mol. The molecule has 5 nitrogen and oxygen atoms in total. The van der Waals surface area contributed by atoms with E-state index in [1.165, 1.54) is 24.3 Å². The van der Waals surface area contributed by atoms with Gasteiger partial charge in [-0.15, -0.1) is 0 Å². The smallest absolute Gasteiger partial charge is 0.416 e. The highest BCUT2D eigenvalue weighted by atomic mass is 19.4. The summed E-state index contributed by atoms with van der Waals surface area (Å²) >= 11 is 0. The number of hydrogen-bond donors (Lipinski definition) is 2. The highest BCUT2D eigenvalue weighted by Gasteiger charge is 2.30. The van der Waals surface area contributed by atoms with Crippen LogP contribution in [0.3, 0.4) is 0 Å². The third kappa shape index (κ3) is 4.46.